The van der Waals surface area contributed by atoms with Crippen LogP contribution in [-0.2, 0) is 6.54 Å². The standard InChI is InChI=1S/C12H14N2OS/c1-7-3-10-11(4-8(7)2)14-5-9(15)6-16-12(14)13-10/h3-4,9,15H,5-6H2,1-2H3. The highest BCUT2D eigenvalue weighted by molar-refractivity contribution is 7.99. The fraction of sp³-hybridized carbons (Fsp3) is 0.417. The van der Waals surface area contributed by atoms with E-state index in [2.05, 4.69) is 35.5 Å². The summed E-state index contributed by atoms with van der Waals surface area (Å²) in [5.74, 6) is 0.751. The first-order valence-corrected chi connectivity index (χ1v) is 6.42. The molecule has 3 rings (SSSR count). The number of aliphatic hydroxyl groups is 1. The summed E-state index contributed by atoms with van der Waals surface area (Å²) in [7, 11) is 0. The molecule has 1 unspecified atom stereocenters. The van der Waals surface area contributed by atoms with Gasteiger partial charge in [0.1, 0.15) is 0 Å². The van der Waals surface area contributed by atoms with Crippen molar-refractivity contribution in [3.63, 3.8) is 0 Å². The Hall–Kier alpha value is -1.00. The van der Waals surface area contributed by atoms with E-state index in [4.69, 9.17) is 0 Å². The Kier molecular flexibility index (Phi) is 2.23. The second-order valence-corrected chi connectivity index (χ2v) is 5.38. The summed E-state index contributed by atoms with van der Waals surface area (Å²) in [4.78, 5) is 4.60. The lowest BCUT2D eigenvalue weighted by atomic mass is 10.1. The van der Waals surface area contributed by atoms with E-state index in [0.29, 0.717) is 6.54 Å². The van der Waals surface area contributed by atoms with E-state index in [1.807, 2.05) is 0 Å². The summed E-state index contributed by atoms with van der Waals surface area (Å²) in [6.45, 7) is 4.89. The Morgan fingerprint density at radius 3 is 2.94 bits per heavy atom. The maximum atomic E-state index is 9.69. The summed E-state index contributed by atoms with van der Waals surface area (Å²) >= 11 is 1.64. The number of hydrogen-bond donors (Lipinski definition) is 1. The maximum Gasteiger partial charge on any atom is 0.169 e. The summed E-state index contributed by atoms with van der Waals surface area (Å²) in [5.41, 5.74) is 4.73. The molecule has 84 valence electrons. The van der Waals surface area contributed by atoms with Crippen LogP contribution in [0.2, 0.25) is 0 Å². The van der Waals surface area contributed by atoms with E-state index in [0.717, 1.165) is 21.9 Å². The Balaban J connectivity index is 2.27. The van der Waals surface area contributed by atoms with E-state index in [9.17, 15) is 5.11 Å². The van der Waals surface area contributed by atoms with Crippen molar-refractivity contribution in [3.05, 3.63) is 23.3 Å². The molecule has 1 aromatic carbocycles. The Morgan fingerprint density at radius 2 is 2.12 bits per heavy atom. The third-order valence-corrected chi connectivity index (χ3v) is 4.25. The van der Waals surface area contributed by atoms with Crippen molar-refractivity contribution in [2.45, 2.75) is 31.7 Å². The second kappa shape index (κ2) is 3.50. The van der Waals surface area contributed by atoms with Gasteiger partial charge < -0.3 is 9.67 Å². The average molecular weight is 234 g/mol. The van der Waals surface area contributed by atoms with Crippen LogP contribution in [0.15, 0.2) is 17.3 Å². The first kappa shape index (κ1) is 10.2. The van der Waals surface area contributed by atoms with Gasteiger partial charge in [0.25, 0.3) is 0 Å². The number of imidazole rings is 1. The molecule has 0 fully saturated rings. The van der Waals surface area contributed by atoms with Crippen LogP contribution in [0.3, 0.4) is 0 Å². The third-order valence-electron chi connectivity index (χ3n) is 3.13. The molecule has 0 saturated heterocycles. The van der Waals surface area contributed by atoms with Crippen molar-refractivity contribution in [2.75, 3.05) is 5.75 Å². The van der Waals surface area contributed by atoms with Crippen molar-refractivity contribution in [2.24, 2.45) is 0 Å². The van der Waals surface area contributed by atoms with E-state index < -0.39 is 0 Å². The molecule has 1 aromatic heterocycles. The van der Waals surface area contributed by atoms with E-state index in [-0.39, 0.29) is 6.10 Å². The van der Waals surface area contributed by atoms with Crippen LogP contribution in [-0.4, -0.2) is 26.5 Å². The lowest BCUT2D eigenvalue weighted by molar-refractivity contribution is 0.172. The van der Waals surface area contributed by atoms with Crippen LogP contribution in [0.1, 0.15) is 11.1 Å². The molecule has 1 atom stereocenters. The molecule has 0 bridgehead atoms. The highest BCUT2D eigenvalue weighted by Crippen LogP contribution is 2.30. The fourth-order valence-electron chi connectivity index (χ4n) is 2.08. The highest BCUT2D eigenvalue weighted by atomic mass is 32.2. The molecular weight excluding hydrogens is 220 g/mol. The normalized spacial score (nSPS) is 20.1. The van der Waals surface area contributed by atoms with Gasteiger partial charge >= 0.3 is 0 Å². The van der Waals surface area contributed by atoms with Crippen LogP contribution in [0, 0.1) is 13.8 Å². The van der Waals surface area contributed by atoms with Gasteiger partial charge in [0.2, 0.25) is 0 Å². The number of thioether (sulfide) groups is 1. The third kappa shape index (κ3) is 1.44. The van der Waals surface area contributed by atoms with Crippen molar-refractivity contribution in [1.29, 1.82) is 0 Å². The predicted molar refractivity (Wildman–Crippen MR) is 65.9 cm³/mol. The zero-order valence-electron chi connectivity index (χ0n) is 9.40. The van der Waals surface area contributed by atoms with E-state index >= 15 is 0 Å². The quantitative estimate of drug-likeness (QED) is 0.758. The summed E-state index contributed by atoms with van der Waals surface area (Å²) in [6.07, 6.45) is -0.253. The molecule has 2 aromatic rings. The molecule has 0 aliphatic carbocycles. The number of aryl methyl sites for hydroxylation is 2. The Labute approximate surface area is 98.5 Å². The zero-order chi connectivity index (χ0) is 11.3. The van der Waals surface area contributed by atoms with Crippen molar-refractivity contribution in [1.82, 2.24) is 9.55 Å². The SMILES string of the molecule is Cc1cc2nc3n(c2cc1C)CC(O)CS3. The molecule has 0 spiro atoms. The Bertz CT molecular complexity index is 562. The molecule has 16 heavy (non-hydrogen) atoms. The first-order valence-electron chi connectivity index (χ1n) is 5.43. The minimum atomic E-state index is -0.253. The van der Waals surface area contributed by atoms with Crippen LogP contribution >= 0.6 is 11.8 Å². The van der Waals surface area contributed by atoms with Crippen LogP contribution in [0.5, 0.6) is 0 Å². The van der Waals surface area contributed by atoms with Gasteiger partial charge in [-0.2, -0.15) is 0 Å². The molecule has 1 N–H and O–H groups in total. The molecule has 1 aliphatic rings. The number of fused-ring (bicyclic) bond motifs is 3. The Morgan fingerprint density at radius 1 is 1.38 bits per heavy atom. The molecular formula is C12H14N2OS. The smallest absolute Gasteiger partial charge is 0.169 e. The minimum absolute atomic E-state index is 0.253. The topological polar surface area (TPSA) is 38.0 Å². The molecule has 4 heteroatoms. The maximum absolute atomic E-state index is 9.69. The largest absolute Gasteiger partial charge is 0.390 e. The van der Waals surface area contributed by atoms with Crippen molar-refractivity contribution in [3.8, 4) is 0 Å². The van der Waals surface area contributed by atoms with Gasteiger partial charge in [0.15, 0.2) is 5.16 Å². The molecule has 1 aliphatic heterocycles. The van der Waals surface area contributed by atoms with Crippen molar-refractivity contribution < 1.29 is 5.11 Å². The van der Waals surface area contributed by atoms with Crippen molar-refractivity contribution >= 4 is 22.8 Å². The van der Waals surface area contributed by atoms with Crippen LogP contribution < -0.4 is 0 Å². The van der Waals surface area contributed by atoms with Gasteiger partial charge in [0.05, 0.1) is 23.7 Å². The highest BCUT2D eigenvalue weighted by Gasteiger charge is 2.20. The molecule has 0 amide bonds. The van der Waals surface area contributed by atoms with Crippen LogP contribution in [0.4, 0.5) is 0 Å². The van der Waals surface area contributed by atoms with Gasteiger partial charge in [-0.1, -0.05) is 11.8 Å². The predicted octanol–water partition coefficient (Wildman–Crippen LogP) is 2.12. The minimum Gasteiger partial charge on any atom is -0.390 e. The number of nitrogens with zero attached hydrogens (tertiary/aromatic N) is 2. The number of benzene rings is 1. The number of rotatable bonds is 0. The average Bonchev–Trinajstić information content (AvgIpc) is 2.57. The molecule has 0 radical (unpaired) electrons. The zero-order valence-corrected chi connectivity index (χ0v) is 10.2. The van der Waals surface area contributed by atoms with E-state index in [1.165, 1.54) is 11.1 Å². The molecule has 2 heterocycles. The monoisotopic (exact) mass is 234 g/mol. The summed E-state index contributed by atoms with van der Waals surface area (Å²) < 4.78 is 2.13. The first-order chi connectivity index (χ1) is 7.65. The lowest BCUT2D eigenvalue weighted by Crippen LogP contribution is -2.23. The molecule has 0 saturated carbocycles. The van der Waals surface area contributed by atoms with Gasteiger partial charge in [-0.15, -0.1) is 0 Å². The lowest BCUT2D eigenvalue weighted by Gasteiger charge is -2.19. The number of aliphatic hydroxyl groups excluding tert-OH is 1. The fourth-order valence-corrected chi connectivity index (χ4v) is 3.02. The number of aromatic nitrogens is 2. The van der Waals surface area contributed by atoms with Gasteiger partial charge in [0, 0.05) is 5.75 Å². The van der Waals surface area contributed by atoms with Gasteiger partial charge in [-0.3, -0.25) is 0 Å². The van der Waals surface area contributed by atoms with Gasteiger partial charge in [-0.25, -0.2) is 4.98 Å². The molecule has 3 nitrogen and oxygen atoms in total. The number of hydrogen-bond acceptors (Lipinski definition) is 3. The van der Waals surface area contributed by atoms with E-state index in [1.54, 1.807) is 11.8 Å². The second-order valence-electron chi connectivity index (χ2n) is 4.39. The summed E-state index contributed by atoms with van der Waals surface area (Å²) in [5, 5.41) is 10.7. The van der Waals surface area contributed by atoms with Gasteiger partial charge in [-0.05, 0) is 37.1 Å². The summed E-state index contributed by atoms with van der Waals surface area (Å²) in [6, 6.07) is 4.29. The van der Waals surface area contributed by atoms with Crippen LogP contribution in [0.25, 0.3) is 11.0 Å².